The molecule has 0 unspecified atom stereocenters. The highest BCUT2D eigenvalue weighted by Gasteiger charge is 2.15. The van der Waals surface area contributed by atoms with Gasteiger partial charge in [0.1, 0.15) is 0 Å². The quantitative estimate of drug-likeness (QED) is 0.588. The summed E-state index contributed by atoms with van der Waals surface area (Å²) in [7, 11) is 0. The maximum absolute atomic E-state index is 12.2. The Bertz CT molecular complexity index is 810. The third kappa shape index (κ3) is 3.47. The van der Waals surface area contributed by atoms with Crippen molar-refractivity contribution in [2.75, 3.05) is 5.32 Å². The van der Waals surface area contributed by atoms with Crippen molar-refractivity contribution in [3.05, 3.63) is 84.3 Å². The molecule has 0 fully saturated rings. The van der Waals surface area contributed by atoms with Gasteiger partial charge in [0, 0.05) is 5.56 Å². The number of ether oxygens (including phenoxy) is 1. The predicted octanol–water partition coefficient (Wildman–Crippen LogP) is 3.75. The first-order chi connectivity index (χ1) is 11.2. The van der Waals surface area contributed by atoms with Crippen LogP contribution in [0.15, 0.2) is 77.4 Å². The van der Waals surface area contributed by atoms with Crippen molar-refractivity contribution in [1.82, 2.24) is 0 Å². The summed E-state index contributed by atoms with van der Waals surface area (Å²) in [5.41, 5.74) is 0.918. The van der Waals surface area contributed by atoms with E-state index in [0.717, 1.165) is 0 Å². The SMILES string of the molecule is O=C(Nc1ccccc1OC(=O)c1ccco1)c1ccccc1. The highest BCUT2D eigenvalue weighted by molar-refractivity contribution is 6.05. The molecule has 5 nitrogen and oxygen atoms in total. The van der Waals surface area contributed by atoms with Gasteiger partial charge < -0.3 is 14.5 Å². The van der Waals surface area contributed by atoms with Crippen LogP contribution in [0.4, 0.5) is 5.69 Å². The Morgan fingerprint density at radius 3 is 2.35 bits per heavy atom. The van der Waals surface area contributed by atoms with E-state index in [1.54, 1.807) is 54.6 Å². The van der Waals surface area contributed by atoms with Crippen LogP contribution >= 0.6 is 0 Å². The Kier molecular flexibility index (Phi) is 4.20. The van der Waals surface area contributed by atoms with Crippen molar-refractivity contribution in [3.63, 3.8) is 0 Å². The second kappa shape index (κ2) is 6.62. The van der Waals surface area contributed by atoms with Crippen molar-refractivity contribution >= 4 is 17.6 Å². The number of carbonyl (C=O) groups is 2. The summed E-state index contributed by atoms with van der Waals surface area (Å²) in [4.78, 5) is 24.2. The molecule has 23 heavy (non-hydrogen) atoms. The van der Waals surface area contributed by atoms with Crippen LogP contribution in [0.1, 0.15) is 20.9 Å². The molecule has 3 aromatic rings. The molecule has 0 saturated carbocycles. The molecular weight excluding hydrogens is 294 g/mol. The minimum absolute atomic E-state index is 0.0918. The number of carbonyl (C=O) groups excluding carboxylic acids is 2. The van der Waals surface area contributed by atoms with Crippen molar-refractivity contribution < 1.29 is 18.7 Å². The summed E-state index contributed by atoms with van der Waals surface area (Å²) in [5.74, 6) is -0.573. The lowest BCUT2D eigenvalue weighted by atomic mass is 10.2. The van der Waals surface area contributed by atoms with Gasteiger partial charge in [-0.3, -0.25) is 4.79 Å². The van der Waals surface area contributed by atoms with Crippen LogP contribution in [-0.2, 0) is 0 Å². The normalized spacial score (nSPS) is 10.1. The molecule has 3 rings (SSSR count). The molecule has 1 heterocycles. The number of furan rings is 1. The average molecular weight is 307 g/mol. The van der Waals surface area contributed by atoms with Gasteiger partial charge in [-0.1, -0.05) is 30.3 Å². The molecule has 0 aliphatic carbocycles. The number of esters is 1. The number of amides is 1. The van der Waals surface area contributed by atoms with Gasteiger partial charge in [0.2, 0.25) is 5.76 Å². The van der Waals surface area contributed by atoms with Crippen molar-refractivity contribution in [2.45, 2.75) is 0 Å². The van der Waals surface area contributed by atoms with E-state index in [1.807, 2.05) is 6.07 Å². The van der Waals surface area contributed by atoms with E-state index in [-0.39, 0.29) is 17.4 Å². The summed E-state index contributed by atoms with van der Waals surface area (Å²) in [6, 6.07) is 18.6. The van der Waals surface area contributed by atoms with Gasteiger partial charge in [-0.25, -0.2) is 4.79 Å². The number of hydrogen-bond acceptors (Lipinski definition) is 4. The fourth-order valence-electron chi connectivity index (χ4n) is 1.99. The molecule has 0 aliphatic heterocycles. The van der Waals surface area contributed by atoms with E-state index in [0.29, 0.717) is 11.3 Å². The van der Waals surface area contributed by atoms with E-state index in [2.05, 4.69) is 5.32 Å². The molecule has 1 aromatic heterocycles. The smallest absolute Gasteiger partial charge is 0.379 e. The minimum Gasteiger partial charge on any atom is -0.457 e. The molecule has 0 saturated heterocycles. The van der Waals surface area contributed by atoms with Crippen LogP contribution in [0.2, 0.25) is 0 Å². The van der Waals surface area contributed by atoms with E-state index in [1.165, 1.54) is 12.3 Å². The van der Waals surface area contributed by atoms with Gasteiger partial charge in [0.15, 0.2) is 5.75 Å². The summed E-state index contributed by atoms with van der Waals surface area (Å²) < 4.78 is 10.3. The van der Waals surface area contributed by atoms with Gasteiger partial charge >= 0.3 is 5.97 Å². The maximum Gasteiger partial charge on any atom is 0.379 e. The second-order valence-electron chi connectivity index (χ2n) is 4.68. The molecule has 2 aromatic carbocycles. The molecule has 0 aliphatic rings. The standard InChI is InChI=1S/C18H13NO4/c20-17(13-7-2-1-3-8-13)19-14-9-4-5-10-15(14)23-18(21)16-11-6-12-22-16/h1-12H,(H,19,20). The number of benzene rings is 2. The van der Waals surface area contributed by atoms with Gasteiger partial charge in [0.05, 0.1) is 12.0 Å². The van der Waals surface area contributed by atoms with Gasteiger partial charge in [-0.2, -0.15) is 0 Å². The van der Waals surface area contributed by atoms with Crippen LogP contribution in [-0.4, -0.2) is 11.9 Å². The molecule has 0 radical (unpaired) electrons. The lowest BCUT2D eigenvalue weighted by Crippen LogP contribution is -2.14. The fourth-order valence-corrected chi connectivity index (χ4v) is 1.99. The van der Waals surface area contributed by atoms with Crippen molar-refractivity contribution in [2.24, 2.45) is 0 Å². The van der Waals surface area contributed by atoms with Crippen LogP contribution in [0.5, 0.6) is 5.75 Å². The zero-order valence-electron chi connectivity index (χ0n) is 12.1. The highest BCUT2D eigenvalue weighted by atomic mass is 16.5. The lowest BCUT2D eigenvalue weighted by molar-refractivity contribution is 0.0701. The third-order valence-corrected chi connectivity index (χ3v) is 3.10. The lowest BCUT2D eigenvalue weighted by Gasteiger charge is -2.10. The molecular formula is C18H13NO4. The minimum atomic E-state index is -0.628. The van der Waals surface area contributed by atoms with Crippen LogP contribution in [0.3, 0.4) is 0 Å². The topological polar surface area (TPSA) is 68.5 Å². The third-order valence-electron chi connectivity index (χ3n) is 3.10. The number of nitrogens with one attached hydrogen (secondary N) is 1. The second-order valence-corrected chi connectivity index (χ2v) is 4.68. The Morgan fingerprint density at radius 1 is 0.870 bits per heavy atom. The molecule has 0 atom stereocenters. The zero-order chi connectivity index (χ0) is 16.1. The summed E-state index contributed by atoms with van der Waals surface area (Å²) in [5, 5.41) is 2.73. The Hall–Kier alpha value is -3.34. The number of rotatable bonds is 4. The van der Waals surface area contributed by atoms with Gasteiger partial charge in [0.25, 0.3) is 5.91 Å². The molecule has 1 N–H and O–H groups in total. The number of hydrogen-bond donors (Lipinski definition) is 1. The van der Waals surface area contributed by atoms with Crippen LogP contribution in [0.25, 0.3) is 0 Å². The fraction of sp³-hybridized carbons (Fsp3) is 0. The number of para-hydroxylation sites is 2. The molecule has 0 bridgehead atoms. The predicted molar refractivity (Wildman–Crippen MR) is 84.5 cm³/mol. The van der Waals surface area contributed by atoms with E-state index >= 15 is 0 Å². The van der Waals surface area contributed by atoms with E-state index in [9.17, 15) is 9.59 Å². The zero-order valence-corrected chi connectivity index (χ0v) is 12.1. The first kappa shape index (κ1) is 14.6. The first-order valence-electron chi connectivity index (χ1n) is 6.95. The van der Waals surface area contributed by atoms with Crippen LogP contribution in [0, 0.1) is 0 Å². The van der Waals surface area contributed by atoms with E-state index in [4.69, 9.17) is 9.15 Å². The van der Waals surface area contributed by atoms with Crippen molar-refractivity contribution in [1.29, 1.82) is 0 Å². The summed E-state index contributed by atoms with van der Waals surface area (Å²) in [6.45, 7) is 0. The van der Waals surface area contributed by atoms with Crippen LogP contribution < -0.4 is 10.1 Å². The average Bonchev–Trinajstić information content (AvgIpc) is 3.12. The molecule has 1 amide bonds. The van der Waals surface area contributed by atoms with E-state index < -0.39 is 5.97 Å². The van der Waals surface area contributed by atoms with Gasteiger partial charge in [-0.15, -0.1) is 0 Å². The highest BCUT2D eigenvalue weighted by Crippen LogP contribution is 2.25. The monoisotopic (exact) mass is 307 g/mol. The summed E-state index contributed by atoms with van der Waals surface area (Å²) in [6.07, 6.45) is 1.39. The molecule has 0 spiro atoms. The Balaban J connectivity index is 1.78. The Morgan fingerprint density at radius 2 is 1.61 bits per heavy atom. The summed E-state index contributed by atoms with van der Waals surface area (Å²) >= 11 is 0. The van der Waals surface area contributed by atoms with Crippen molar-refractivity contribution in [3.8, 4) is 5.75 Å². The number of anilines is 1. The molecule has 114 valence electrons. The molecule has 5 heteroatoms. The maximum atomic E-state index is 12.2. The van der Waals surface area contributed by atoms with Gasteiger partial charge in [-0.05, 0) is 36.4 Å². The largest absolute Gasteiger partial charge is 0.457 e. The Labute approximate surface area is 132 Å². The first-order valence-corrected chi connectivity index (χ1v) is 6.95.